The molecule has 21 heavy (non-hydrogen) atoms. The van der Waals surface area contributed by atoms with Crippen LogP contribution in [-0.2, 0) is 14.3 Å². The van der Waals surface area contributed by atoms with Gasteiger partial charge in [-0.1, -0.05) is 0 Å². The van der Waals surface area contributed by atoms with Crippen LogP contribution in [0, 0.1) is 0 Å². The van der Waals surface area contributed by atoms with Gasteiger partial charge >= 0.3 is 11.9 Å². The van der Waals surface area contributed by atoms with Crippen molar-refractivity contribution in [3.8, 4) is 5.75 Å². The van der Waals surface area contributed by atoms with E-state index in [1.807, 2.05) is 0 Å². The molecular formula is C14H17NO6. The smallest absolute Gasteiger partial charge is 0.326 e. The molecule has 7 nitrogen and oxygen atoms in total. The van der Waals surface area contributed by atoms with E-state index in [0.29, 0.717) is 11.3 Å². The van der Waals surface area contributed by atoms with Crippen LogP contribution in [0.4, 0.5) is 0 Å². The van der Waals surface area contributed by atoms with Gasteiger partial charge in [0.2, 0.25) is 0 Å². The predicted molar refractivity (Wildman–Crippen MR) is 73.1 cm³/mol. The molecule has 0 spiro atoms. The van der Waals surface area contributed by atoms with E-state index in [-0.39, 0.29) is 12.8 Å². The average Bonchev–Trinajstić information content (AvgIpc) is 2.50. The highest BCUT2D eigenvalue weighted by atomic mass is 16.5. The number of amides is 1. The Balaban J connectivity index is 2.66. The molecule has 0 radical (unpaired) electrons. The lowest BCUT2D eigenvalue weighted by molar-refractivity contribution is -0.142. The van der Waals surface area contributed by atoms with Gasteiger partial charge in [0.15, 0.2) is 0 Å². The van der Waals surface area contributed by atoms with Crippen molar-refractivity contribution in [3.05, 3.63) is 29.8 Å². The minimum absolute atomic E-state index is 0.0378. The van der Waals surface area contributed by atoms with Crippen molar-refractivity contribution >= 4 is 17.8 Å². The molecule has 1 unspecified atom stereocenters. The van der Waals surface area contributed by atoms with Crippen LogP contribution in [0.3, 0.4) is 0 Å². The number of esters is 1. The monoisotopic (exact) mass is 295 g/mol. The maximum atomic E-state index is 11.9. The summed E-state index contributed by atoms with van der Waals surface area (Å²) < 4.78 is 9.41. The van der Waals surface area contributed by atoms with Crippen LogP contribution >= 0.6 is 0 Å². The minimum atomic E-state index is -1.21. The number of hydrogen-bond donors (Lipinski definition) is 2. The number of methoxy groups -OCH3 is 2. The van der Waals surface area contributed by atoms with Gasteiger partial charge < -0.3 is 19.9 Å². The average molecular weight is 295 g/mol. The van der Waals surface area contributed by atoms with E-state index in [4.69, 9.17) is 9.84 Å². The molecule has 0 aliphatic rings. The standard InChI is InChI=1S/C14H17NO6/c1-20-10-5-3-9(4-6-10)13(17)15-11(14(18)19)7-8-12(16)21-2/h3-6,11H,7-8H2,1-2H3,(H,15,17)(H,18,19). The summed E-state index contributed by atoms with van der Waals surface area (Å²) in [4.78, 5) is 34.0. The van der Waals surface area contributed by atoms with Crippen molar-refractivity contribution in [2.75, 3.05) is 14.2 Å². The number of nitrogens with one attached hydrogen (secondary N) is 1. The van der Waals surface area contributed by atoms with Gasteiger partial charge in [0.1, 0.15) is 11.8 Å². The second-order valence-corrected chi connectivity index (χ2v) is 4.21. The largest absolute Gasteiger partial charge is 0.497 e. The fourth-order valence-corrected chi connectivity index (χ4v) is 1.61. The van der Waals surface area contributed by atoms with E-state index in [1.165, 1.54) is 26.4 Å². The number of carboxylic acids is 1. The van der Waals surface area contributed by atoms with Gasteiger partial charge in [-0.2, -0.15) is 0 Å². The lowest BCUT2D eigenvalue weighted by Gasteiger charge is -2.14. The fraction of sp³-hybridized carbons (Fsp3) is 0.357. The molecule has 0 saturated carbocycles. The van der Waals surface area contributed by atoms with Crippen LogP contribution in [0.5, 0.6) is 5.75 Å². The molecule has 0 heterocycles. The summed E-state index contributed by atoms with van der Waals surface area (Å²) in [6, 6.07) is 5.08. The third-order valence-electron chi connectivity index (χ3n) is 2.82. The Hall–Kier alpha value is -2.57. The summed E-state index contributed by atoms with van der Waals surface area (Å²) in [5, 5.41) is 11.4. The van der Waals surface area contributed by atoms with E-state index >= 15 is 0 Å². The number of benzene rings is 1. The van der Waals surface area contributed by atoms with Gasteiger partial charge in [-0.15, -0.1) is 0 Å². The van der Waals surface area contributed by atoms with Crippen molar-refractivity contribution in [1.82, 2.24) is 5.32 Å². The summed E-state index contributed by atoms with van der Waals surface area (Å²) in [6.07, 6.45) is -0.125. The molecule has 0 aromatic heterocycles. The summed E-state index contributed by atoms with van der Waals surface area (Å²) in [5.74, 6) is -1.68. The zero-order valence-corrected chi connectivity index (χ0v) is 11.8. The van der Waals surface area contributed by atoms with Gasteiger partial charge in [0.05, 0.1) is 14.2 Å². The third kappa shape index (κ3) is 5.13. The number of carbonyl (C=O) groups is 3. The molecule has 1 rings (SSSR count). The molecule has 0 aliphatic heterocycles. The zero-order valence-electron chi connectivity index (χ0n) is 11.8. The van der Waals surface area contributed by atoms with Crippen LogP contribution < -0.4 is 10.1 Å². The molecule has 7 heteroatoms. The zero-order chi connectivity index (χ0) is 15.8. The first-order valence-corrected chi connectivity index (χ1v) is 6.22. The Labute approximate surface area is 121 Å². The molecule has 1 aromatic rings. The Morgan fingerprint density at radius 3 is 2.29 bits per heavy atom. The van der Waals surface area contributed by atoms with Crippen LogP contribution in [0.1, 0.15) is 23.2 Å². The number of carbonyl (C=O) groups excluding carboxylic acids is 2. The molecule has 1 atom stereocenters. The normalized spacial score (nSPS) is 11.3. The SMILES string of the molecule is COC(=O)CCC(NC(=O)c1ccc(OC)cc1)C(=O)O. The van der Waals surface area contributed by atoms with Crippen LogP contribution in [0.15, 0.2) is 24.3 Å². The fourth-order valence-electron chi connectivity index (χ4n) is 1.61. The molecule has 0 aliphatic carbocycles. The Morgan fingerprint density at radius 1 is 1.19 bits per heavy atom. The Bertz CT molecular complexity index is 511. The van der Waals surface area contributed by atoms with Crippen molar-refractivity contribution < 1.29 is 29.0 Å². The number of ether oxygens (including phenoxy) is 2. The second-order valence-electron chi connectivity index (χ2n) is 4.21. The first-order valence-electron chi connectivity index (χ1n) is 6.22. The molecule has 0 bridgehead atoms. The topological polar surface area (TPSA) is 102 Å². The third-order valence-corrected chi connectivity index (χ3v) is 2.82. The van der Waals surface area contributed by atoms with Crippen LogP contribution in [0.25, 0.3) is 0 Å². The minimum Gasteiger partial charge on any atom is -0.497 e. The van der Waals surface area contributed by atoms with Gasteiger partial charge in [0.25, 0.3) is 5.91 Å². The lowest BCUT2D eigenvalue weighted by Crippen LogP contribution is -2.41. The number of hydrogen-bond acceptors (Lipinski definition) is 5. The van der Waals surface area contributed by atoms with Crippen molar-refractivity contribution in [2.45, 2.75) is 18.9 Å². The summed E-state index contributed by atoms with van der Waals surface area (Å²) in [5.41, 5.74) is 0.306. The number of rotatable bonds is 7. The summed E-state index contributed by atoms with van der Waals surface area (Å²) in [7, 11) is 2.72. The van der Waals surface area contributed by atoms with Crippen LogP contribution in [0.2, 0.25) is 0 Å². The molecule has 0 fully saturated rings. The van der Waals surface area contributed by atoms with Crippen molar-refractivity contribution in [2.24, 2.45) is 0 Å². The first kappa shape index (κ1) is 16.5. The van der Waals surface area contributed by atoms with Gasteiger partial charge in [-0.05, 0) is 30.7 Å². The van der Waals surface area contributed by atoms with Gasteiger partial charge in [0, 0.05) is 12.0 Å². The van der Waals surface area contributed by atoms with Crippen molar-refractivity contribution in [3.63, 3.8) is 0 Å². The Kier molecular flexibility index (Phi) is 6.19. The van der Waals surface area contributed by atoms with Gasteiger partial charge in [-0.25, -0.2) is 4.79 Å². The second kappa shape index (κ2) is 7.88. The quantitative estimate of drug-likeness (QED) is 0.722. The maximum absolute atomic E-state index is 11.9. The molecule has 2 N–H and O–H groups in total. The first-order chi connectivity index (χ1) is 9.97. The lowest BCUT2D eigenvalue weighted by atomic mass is 10.1. The highest BCUT2D eigenvalue weighted by molar-refractivity contribution is 5.96. The summed E-state index contributed by atoms with van der Waals surface area (Å²) in [6.45, 7) is 0. The van der Waals surface area contributed by atoms with E-state index < -0.39 is 23.9 Å². The maximum Gasteiger partial charge on any atom is 0.326 e. The van der Waals surface area contributed by atoms with Crippen LogP contribution in [-0.4, -0.2) is 43.2 Å². The predicted octanol–water partition coefficient (Wildman–Crippen LogP) is 0.831. The summed E-state index contributed by atoms with van der Waals surface area (Å²) >= 11 is 0. The van der Waals surface area contributed by atoms with E-state index in [0.717, 1.165) is 0 Å². The molecular weight excluding hydrogens is 278 g/mol. The van der Waals surface area contributed by atoms with E-state index in [1.54, 1.807) is 12.1 Å². The molecule has 0 saturated heterocycles. The number of carboxylic acid groups (broad SMARTS) is 1. The molecule has 1 amide bonds. The Morgan fingerprint density at radius 2 is 1.81 bits per heavy atom. The number of aliphatic carboxylic acids is 1. The molecule has 114 valence electrons. The van der Waals surface area contributed by atoms with E-state index in [2.05, 4.69) is 10.1 Å². The van der Waals surface area contributed by atoms with E-state index in [9.17, 15) is 14.4 Å². The highest BCUT2D eigenvalue weighted by Crippen LogP contribution is 2.11. The highest BCUT2D eigenvalue weighted by Gasteiger charge is 2.21. The van der Waals surface area contributed by atoms with Crippen molar-refractivity contribution in [1.29, 1.82) is 0 Å². The molecule has 1 aromatic carbocycles. The van der Waals surface area contributed by atoms with Gasteiger partial charge in [-0.3, -0.25) is 9.59 Å².